The van der Waals surface area contributed by atoms with Gasteiger partial charge in [0, 0.05) is 23.8 Å². The molecule has 0 aliphatic rings. The van der Waals surface area contributed by atoms with Crippen molar-refractivity contribution >= 4 is 17.7 Å². The minimum atomic E-state index is 0.131. The van der Waals surface area contributed by atoms with Gasteiger partial charge in [0.25, 0.3) is 0 Å². The van der Waals surface area contributed by atoms with Gasteiger partial charge in [0.05, 0.1) is 0 Å². The van der Waals surface area contributed by atoms with E-state index in [-0.39, 0.29) is 10.7 Å². The zero-order valence-corrected chi connectivity index (χ0v) is 12.0. The summed E-state index contributed by atoms with van der Waals surface area (Å²) in [5, 5.41) is 6.27. The van der Waals surface area contributed by atoms with Gasteiger partial charge in [-0.1, -0.05) is 13.8 Å². The smallest absolute Gasteiger partial charge is 0.220 e. The monoisotopic (exact) mass is 246 g/mol. The van der Waals surface area contributed by atoms with Gasteiger partial charge < -0.3 is 10.6 Å². The third-order valence-corrected chi connectivity index (χ3v) is 3.65. The Kier molecular flexibility index (Phi) is 7.85. The van der Waals surface area contributed by atoms with Crippen LogP contribution in [0.4, 0.5) is 0 Å². The quantitative estimate of drug-likeness (QED) is 0.644. The van der Waals surface area contributed by atoms with Gasteiger partial charge in [-0.25, -0.2) is 0 Å². The van der Waals surface area contributed by atoms with E-state index in [9.17, 15) is 4.79 Å². The summed E-state index contributed by atoms with van der Waals surface area (Å²) in [6, 6.07) is 0.499. The number of nitrogens with one attached hydrogen (secondary N) is 2. The molecule has 0 unspecified atom stereocenters. The first-order chi connectivity index (χ1) is 7.37. The molecule has 0 atom stereocenters. The predicted molar refractivity (Wildman–Crippen MR) is 73.0 cm³/mol. The van der Waals surface area contributed by atoms with Crippen molar-refractivity contribution < 1.29 is 4.79 Å². The molecule has 0 aromatic carbocycles. The summed E-state index contributed by atoms with van der Waals surface area (Å²) in [6.07, 6.45) is 3.59. The number of thioether (sulfide) groups is 1. The largest absolute Gasteiger partial charge is 0.355 e. The molecular weight excluding hydrogens is 220 g/mol. The molecular formula is C12H26N2OS. The molecule has 0 aliphatic heterocycles. The van der Waals surface area contributed by atoms with Crippen LogP contribution < -0.4 is 10.6 Å². The summed E-state index contributed by atoms with van der Waals surface area (Å²) in [7, 11) is 0. The SMILES string of the molecule is CSC(C)(C)CNC(=O)CCCNC(C)C. The molecule has 3 nitrogen and oxygen atoms in total. The molecule has 16 heavy (non-hydrogen) atoms. The molecule has 0 rings (SSSR count). The molecule has 0 heterocycles. The first-order valence-corrected chi connectivity index (χ1v) is 7.15. The first-order valence-electron chi connectivity index (χ1n) is 5.92. The molecule has 0 aromatic rings. The van der Waals surface area contributed by atoms with E-state index in [1.54, 1.807) is 11.8 Å². The van der Waals surface area contributed by atoms with Gasteiger partial charge in [0.2, 0.25) is 5.91 Å². The average molecular weight is 246 g/mol. The summed E-state index contributed by atoms with van der Waals surface area (Å²) in [4.78, 5) is 11.5. The summed E-state index contributed by atoms with van der Waals surface area (Å²) in [5.41, 5.74) is 0. The Morgan fingerprint density at radius 2 is 2.00 bits per heavy atom. The van der Waals surface area contributed by atoms with E-state index in [1.807, 2.05) is 0 Å². The molecule has 4 heteroatoms. The molecule has 0 aromatic heterocycles. The van der Waals surface area contributed by atoms with E-state index < -0.39 is 0 Å². The van der Waals surface area contributed by atoms with Gasteiger partial charge in [-0.2, -0.15) is 11.8 Å². The van der Waals surface area contributed by atoms with Crippen molar-refractivity contribution in [2.24, 2.45) is 0 Å². The zero-order valence-electron chi connectivity index (χ0n) is 11.2. The van der Waals surface area contributed by atoms with Crippen LogP contribution in [0.2, 0.25) is 0 Å². The lowest BCUT2D eigenvalue weighted by atomic mass is 10.2. The number of hydrogen-bond donors (Lipinski definition) is 2. The Balaban J connectivity index is 3.52. The second-order valence-electron chi connectivity index (χ2n) is 4.95. The Morgan fingerprint density at radius 1 is 1.38 bits per heavy atom. The van der Waals surface area contributed by atoms with Gasteiger partial charge in [-0.15, -0.1) is 0 Å². The molecule has 0 spiro atoms. The predicted octanol–water partition coefficient (Wildman–Crippen LogP) is 2.02. The molecule has 0 fully saturated rings. The Hall–Kier alpha value is -0.220. The van der Waals surface area contributed by atoms with Gasteiger partial charge in [0.1, 0.15) is 0 Å². The molecule has 96 valence electrons. The molecule has 0 aliphatic carbocycles. The van der Waals surface area contributed by atoms with Crippen LogP contribution >= 0.6 is 11.8 Å². The molecule has 0 radical (unpaired) electrons. The minimum Gasteiger partial charge on any atom is -0.355 e. The number of hydrogen-bond acceptors (Lipinski definition) is 3. The fraction of sp³-hybridized carbons (Fsp3) is 0.917. The Morgan fingerprint density at radius 3 is 2.50 bits per heavy atom. The van der Waals surface area contributed by atoms with Crippen molar-refractivity contribution in [1.82, 2.24) is 10.6 Å². The van der Waals surface area contributed by atoms with E-state index >= 15 is 0 Å². The van der Waals surface area contributed by atoms with Crippen LogP contribution in [0.5, 0.6) is 0 Å². The molecule has 0 saturated carbocycles. The standard InChI is InChI=1S/C12H26N2OS/c1-10(2)13-8-6-7-11(15)14-9-12(3,4)16-5/h10,13H,6-9H2,1-5H3,(H,14,15). The van der Waals surface area contributed by atoms with Crippen LogP contribution in [0, 0.1) is 0 Å². The van der Waals surface area contributed by atoms with Gasteiger partial charge >= 0.3 is 0 Å². The van der Waals surface area contributed by atoms with Gasteiger partial charge in [0.15, 0.2) is 0 Å². The van der Waals surface area contributed by atoms with Crippen LogP contribution in [0.3, 0.4) is 0 Å². The summed E-state index contributed by atoms with van der Waals surface area (Å²) in [5.74, 6) is 0.160. The maximum Gasteiger partial charge on any atom is 0.220 e. The average Bonchev–Trinajstić information content (AvgIpc) is 2.21. The van der Waals surface area contributed by atoms with Crippen LogP contribution in [0.1, 0.15) is 40.5 Å². The highest BCUT2D eigenvalue weighted by Gasteiger charge is 2.16. The van der Waals surface area contributed by atoms with E-state index in [0.29, 0.717) is 12.5 Å². The third-order valence-electron chi connectivity index (χ3n) is 2.40. The molecule has 0 saturated heterocycles. The van der Waals surface area contributed by atoms with Crippen LogP contribution in [-0.2, 0) is 4.79 Å². The van der Waals surface area contributed by atoms with Crippen molar-refractivity contribution in [3.05, 3.63) is 0 Å². The van der Waals surface area contributed by atoms with Crippen molar-refractivity contribution in [2.75, 3.05) is 19.3 Å². The number of rotatable bonds is 8. The van der Waals surface area contributed by atoms with E-state index in [4.69, 9.17) is 0 Å². The van der Waals surface area contributed by atoms with Crippen molar-refractivity contribution in [2.45, 2.75) is 51.3 Å². The maximum atomic E-state index is 11.5. The van der Waals surface area contributed by atoms with Crippen LogP contribution in [0.25, 0.3) is 0 Å². The fourth-order valence-electron chi connectivity index (χ4n) is 1.11. The molecule has 0 bridgehead atoms. The van der Waals surface area contributed by atoms with Gasteiger partial charge in [-0.05, 0) is 33.1 Å². The van der Waals surface area contributed by atoms with E-state index in [2.05, 4.69) is 44.6 Å². The first kappa shape index (κ1) is 15.8. The number of amides is 1. The summed E-state index contributed by atoms with van der Waals surface area (Å²) >= 11 is 1.77. The van der Waals surface area contributed by atoms with Gasteiger partial charge in [-0.3, -0.25) is 4.79 Å². The minimum absolute atomic E-state index is 0.131. The highest BCUT2D eigenvalue weighted by molar-refractivity contribution is 7.99. The second kappa shape index (κ2) is 7.96. The lowest BCUT2D eigenvalue weighted by Crippen LogP contribution is -2.36. The summed E-state index contributed by atoms with van der Waals surface area (Å²) < 4.78 is 0.131. The van der Waals surface area contributed by atoms with Crippen LogP contribution in [-0.4, -0.2) is 36.0 Å². The number of carbonyl (C=O) groups is 1. The number of carbonyl (C=O) groups excluding carboxylic acids is 1. The highest BCUT2D eigenvalue weighted by atomic mass is 32.2. The lowest BCUT2D eigenvalue weighted by Gasteiger charge is -2.22. The van der Waals surface area contributed by atoms with Crippen molar-refractivity contribution in [3.63, 3.8) is 0 Å². The van der Waals surface area contributed by atoms with E-state index in [1.165, 1.54) is 0 Å². The molecule has 2 N–H and O–H groups in total. The lowest BCUT2D eigenvalue weighted by molar-refractivity contribution is -0.121. The normalized spacial score (nSPS) is 11.9. The van der Waals surface area contributed by atoms with Crippen molar-refractivity contribution in [3.8, 4) is 0 Å². The van der Waals surface area contributed by atoms with Crippen molar-refractivity contribution in [1.29, 1.82) is 0 Å². The second-order valence-corrected chi connectivity index (χ2v) is 6.47. The Bertz CT molecular complexity index is 205. The topological polar surface area (TPSA) is 41.1 Å². The summed E-state index contributed by atoms with van der Waals surface area (Å²) in [6.45, 7) is 10.2. The molecule has 1 amide bonds. The zero-order chi connectivity index (χ0) is 12.6. The highest BCUT2D eigenvalue weighted by Crippen LogP contribution is 2.19. The fourth-order valence-corrected chi connectivity index (χ4v) is 1.33. The Labute approximate surface area is 104 Å². The van der Waals surface area contributed by atoms with E-state index in [0.717, 1.165) is 19.5 Å². The third kappa shape index (κ3) is 9.04. The maximum absolute atomic E-state index is 11.5. The van der Waals surface area contributed by atoms with Crippen LogP contribution in [0.15, 0.2) is 0 Å².